The Bertz CT molecular complexity index is 529. The van der Waals surface area contributed by atoms with Gasteiger partial charge in [-0.15, -0.1) is 0 Å². The van der Waals surface area contributed by atoms with Crippen LogP contribution in [0, 0.1) is 0 Å². The van der Waals surface area contributed by atoms with Crippen LogP contribution >= 0.6 is 0 Å². The van der Waals surface area contributed by atoms with E-state index in [1.165, 1.54) is 19.3 Å². The predicted molar refractivity (Wildman–Crippen MR) is 80.6 cm³/mol. The zero-order valence-electron chi connectivity index (χ0n) is 12.5. The molecule has 0 atom stereocenters. The molecule has 0 unspecified atom stereocenters. The van der Waals surface area contributed by atoms with Gasteiger partial charge in [0.2, 0.25) is 5.43 Å². The summed E-state index contributed by atoms with van der Waals surface area (Å²) >= 11 is 0. The van der Waals surface area contributed by atoms with Gasteiger partial charge < -0.3 is 14.4 Å². The van der Waals surface area contributed by atoms with E-state index in [4.69, 9.17) is 4.74 Å². The van der Waals surface area contributed by atoms with Crippen LogP contribution in [0.5, 0.6) is 5.75 Å². The highest BCUT2D eigenvalue weighted by Gasteiger charge is 2.20. The second-order valence-electron chi connectivity index (χ2n) is 6.10. The molecule has 0 bridgehead atoms. The van der Waals surface area contributed by atoms with Crippen LogP contribution in [-0.4, -0.2) is 40.9 Å². The van der Waals surface area contributed by atoms with E-state index in [-0.39, 0.29) is 11.2 Å². The quantitative estimate of drug-likeness (QED) is 0.924. The Morgan fingerprint density at radius 1 is 1.19 bits per heavy atom. The van der Waals surface area contributed by atoms with E-state index >= 15 is 0 Å². The molecule has 0 spiro atoms. The van der Waals surface area contributed by atoms with Crippen LogP contribution in [-0.2, 0) is 11.3 Å². The van der Waals surface area contributed by atoms with E-state index in [0.29, 0.717) is 6.04 Å². The fraction of sp³-hybridized carbons (Fsp3) is 0.688. The molecule has 0 amide bonds. The Morgan fingerprint density at radius 3 is 2.62 bits per heavy atom. The van der Waals surface area contributed by atoms with Crippen LogP contribution in [0.15, 0.2) is 17.1 Å². The zero-order valence-corrected chi connectivity index (χ0v) is 12.5. The van der Waals surface area contributed by atoms with Crippen molar-refractivity contribution >= 4 is 0 Å². The number of rotatable bonds is 3. The molecular weight excluding hydrogens is 268 g/mol. The van der Waals surface area contributed by atoms with Crippen molar-refractivity contribution in [3.63, 3.8) is 0 Å². The normalized spacial score (nSPS) is 21.5. The van der Waals surface area contributed by atoms with E-state index in [2.05, 4.69) is 9.47 Å². The lowest BCUT2D eigenvalue weighted by molar-refractivity contribution is 0.0327. The minimum Gasteiger partial charge on any atom is -0.503 e. The number of hydrogen-bond donors (Lipinski definition) is 1. The van der Waals surface area contributed by atoms with Crippen molar-refractivity contribution in [2.45, 2.75) is 44.7 Å². The molecule has 2 aliphatic rings. The molecule has 2 heterocycles. The van der Waals surface area contributed by atoms with Gasteiger partial charge in [-0.05, 0) is 12.8 Å². The molecule has 116 valence electrons. The summed E-state index contributed by atoms with van der Waals surface area (Å²) in [6, 6.07) is 2.03. The molecule has 5 nitrogen and oxygen atoms in total. The molecule has 3 rings (SSSR count). The predicted octanol–water partition coefficient (Wildman–Crippen LogP) is 1.89. The largest absolute Gasteiger partial charge is 0.503 e. The molecule has 5 heteroatoms. The monoisotopic (exact) mass is 292 g/mol. The summed E-state index contributed by atoms with van der Waals surface area (Å²) in [4.78, 5) is 14.1. The van der Waals surface area contributed by atoms with Gasteiger partial charge in [-0.2, -0.15) is 0 Å². The summed E-state index contributed by atoms with van der Waals surface area (Å²) in [7, 11) is 0. The summed E-state index contributed by atoms with van der Waals surface area (Å²) in [6.07, 6.45) is 7.68. The molecule has 1 aliphatic carbocycles. The van der Waals surface area contributed by atoms with Crippen molar-refractivity contribution in [3.8, 4) is 5.75 Å². The van der Waals surface area contributed by atoms with Crippen molar-refractivity contribution in [3.05, 3.63) is 28.2 Å². The van der Waals surface area contributed by atoms with E-state index in [1.807, 2.05) is 0 Å². The van der Waals surface area contributed by atoms with Gasteiger partial charge >= 0.3 is 0 Å². The highest BCUT2D eigenvalue weighted by atomic mass is 16.5. The third-order valence-corrected chi connectivity index (χ3v) is 4.60. The maximum absolute atomic E-state index is 11.8. The topological polar surface area (TPSA) is 54.7 Å². The van der Waals surface area contributed by atoms with Crippen molar-refractivity contribution in [2.75, 3.05) is 26.3 Å². The first-order valence-electron chi connectivity index (χ1n) is 7.98. The standard InChI is InChI=1S/C16H24N2O3/c19-15-10-14(11-17-6-8-21-9-7-17)18(12-16(15)20)13-4-2-1-3-5-13/h10,12-13,20H,1-9,11H2. The molecule has 1 aliphatic heterocycles. The van der Waals surface area contributed by atoms with Gasteiger partial charge in [0, 0.05) is 37.4 Å². The lowest BCUT2D eigenvalue weighted by Gasteiger charge is -2.31. The molecule has 1 aromatic rings. The minimum absolute atomic E-state index is 0.133. The van der Waals surface area contributed by atoms with E-state index < -0.39 is 0 Å². The van der Waals surface area contributed by atoms with E-state index in [0.717, 1.165) is 51.4 Å². The first-order valence-corrected chi connectivity index (χ1v) is 7.98. The van der Waals surface area contributed by atoms with Gasteiger partial charge in [0.1, 0.15) is 0 Å². The van der Waals surface area contributed by atoms with Crippen LogP contribution in [0.25, 0.3) is 0 Å². The lowest BCUT2D eigenvalue weighted by Crippen LogP contribution is -2.37. The number of hydrogen-bond acceptors (Lipinski definition) is 4. The molecule has 1 aromatic heterocycles. The van der Waals surface area contributed by atoms with Gasteiger partial charge in [-0.1, -0.05) is 19.3 Å². The first-order chi connectivity index (χ1) is 10.2. The maximum atomic E-state index is 11.8. The number of nitrogens with zero attached hydrogens (tertiary/aromatic N) is 2. The molecule has 1 saturated carbocycles. The summed E-state index contributed by atoms with van der Waals surface area (Å²) in [5.41, 5.74) is 0.747. The number of aromatic hydroxyl groups is 1. The zero-order chi connectivity index (χ0) is 14.7. The number of ether oxygens (including phenoxy) is 1. The second-order valence-corrected chi connectivity index (χ2v) is 6.10. The first kappa shape index (κ1) is 14.6. The Morgan fingerprint density at radius 2 is 1.90 bits per heavy atom. The minimum atomic E-state index is -0.273. The number of aromatic nitrogens is 1. The second kappa shape index (κ2) is 6.62. The SMILES string of the molecule is O=c1cc(CN2CCOCC2)n(C2CCCCC2)cc1O. The molecule has 1 saturated heterocycles. The fourth-order valence-electron chi connectivity index (χ4n) is 3.39. The van der Waals surface area contributed by atoms with Gasteiger partial charge in [-0.25, -0.2) is 0 Å². The Balaban J connectivity index is 1.85. The molecular formula is C16H24N2O3. The Labute approximate surface area is 125 Å². The molecule has 2 fully saturated rings. The molecule has 0 radical (unpaired) electrons. The van der Waals surface area contributed by atoms with Gasteiger partial charge in [-0.3, -0.25) is 9.69 Å². The van der Waals surface area contributed by atoms with Crippen molar-refractivity contribution in [2.24, 2.45) is 0 Å². The van der Waals surface area contributed by atoms with Gasteiger partial charge in [0.05, 0.1) is 19.4 Å². The maximum Gasteiger partial charge on any atom is 0.223 e. The summed E-state index contributed by atoms with van der Waals surface area (Å²) < 4.78 is 7.52. The van der Waals surface area contributed by atoms with E-state index in [9.17, 15) is 9.90 Å². The van der Waals surface area contributed by atoms with Crippen LogP contribution in [0.3, 0.4) is 0 Å². The van der Waals surface area contributed by atoms with Crippen molar-refractivity contribution < 1.29 is 9.84 Å². The molecule has 21 heavy (non-hydrogen) atoms. The van der Waals surface area contributed by atoms with E-state index in [1.54, 1.807) is 12.3 Å². The van der Waals surface area contributed by atoms with Crippen molar-refractivity contribution in [1.82, 2.24) is 9.47 Å². The number of pyridine rings is 1. The summed E-state index contributed by atoms with van der Waals surface area (Å²) in [6.45, 7) is 4.08. The van der Waals surface area contributed by atoms with Crippen LogP contribution in [0.1, 0.15) is 43.8 Å². The average molecular weight is 292 g/mol. The van der Waals surface area contributed by atoms with Crippen LogP contribution in [0.2, 0.25) is 0 Å². The van der Waals surface area contributed by atoms with Crippen LogP contribution in [0.4, 0.5) is 0 Å². The van der Waals surface area contributed by atoms with Crippen LogP contribution < -0.4 is 5.43 Å². The Kier molecular flexibility index (Phi) is 4.60. The smallest absolute Gasteiger partial charge is 0.223 e. The summed E-state index contributed by atoms with van der Waals surface area (Å²) in [5.74, 6) is -0.133. The summed E-state index contributed by atoms with van der Waals surface area (Å²) in [5, 5.41) is 9.79. The third-order valence-electron chi connectivity index (χ3n) is 4.60. The number of morpholine rings is 1. The van der Waals surface area contributed by atoms with Gasteiger partial charge in [0.15, 0.2) is 5.75 Å². The van der Waals surface area contributed by atoms with Crippen molar-refractivity contribution in [1.29, 1.82) is 0 Å². The Hall–Kier alpha value is -1.33. The molecule has 1 N–H and O–H groups in total. The third kappa shape index (κ3) is 3.47. The fourth-order valence-corrected chi connectivity index (χ4v) is 3.39. The highest BCUT2D eigenvalue weighted by Crippen LogP contribution is 2.30. The highest BCUT2D eigenvalue weighted by molar-refractivity contribution is 5.21. The van der Waals surface area contributed by atoms with Gasteiger partial charge in [0.25, 0.3) is 0 Å². The average Bonchev–Trinajstić information content (AvgIpc) is 2.52. The lowest BCUT2D eigenvalue weighted by atomic mass is 9.95. The molecule has 0 aromatic carbocycles.